The Morgan fingerprint density at radius 3 is 2.55 bits per heavy atom. The van der Waals surface area contributed by atoms with E-state index in [0.717, 1.165) is 17.8 Å². The van der Waals surface area contributed by atoms with E-state index in [1.54, 1.807) is 0 Å². The highest BCUT2D eigenvalue weighted by Crippen LogP contribution is 2.44. The summed E-state index contributed by atoms with van der Waals surface area (Å²) >= 11 is 0. The van der Waals surface area contributed by atoms with Crippen molar-refractivity contribution in [2.45, 2.75) is 90.0 Å². The summed E-state index contributed by atoms with van der Waals surface area (Å²) in [4.78, 5) is 11.5. The van der Waals surface area contributed by atoms with E-state index in [-0.39, 0.29) is 5.91 Å². The molecule has 0 bridgehead atoms. The van der Waals surface area contributed by atoms with E-state index >= 15 is 0 Å². The molecule has 0 aromatic carbocycles. The Balaban J connectivity index is 1.66. The third-order valence-electron chi connectivity index (χ3n) is 5.97. The van der Waals surface area contributed by atoms with E-state index < -0.39 is 0 Å². The number of carbonyl (C=O) groups is 1. The molecule has 2 rings (SSSR count). The van der Waals surface area contributed by atoms with Crippen LogP contribution in [-0.4, -0.2) is 11.9 Å². The van der Waals surface area contributed by atoms with Crippen molar-refractivity contribution >= 4 is 5.91 Å². The molecule has 4 unspecified atom stereocenters. The van der Waals surface area contributed by atoms with E-state index in [9.17, 15) is 4.79 Å². The van der Waals surface area contributed by atoms with Crippen LogP contribution in [0.3, 0.4) is 0 Å². The maximum Gasteiger partial charge on any atom is 0.243 e. The summed E-state index contributed by atoms with van der Waals surface area (Å²) in [6.45, 7) is 5.84. The van der Waals surface area contributed by atoms with Crippen LogP contribution in [0.5, 0.6) is 0 Å². The number of hydrogen-bond donors (Lipinski definition) is 1. The van der Waals surface area contributed by atoms with Crippen molar-refractivity contribution in [3.63, 3.8) is 0 Å². The van der Waals surface area contributed by atoms with Gasteiger partial charge in [-0.1, -0.05) is 58.4 Å². The lowest BCUT2D eigenvalue weighted by Gasteiger charge is -2.42. The van der Waals surface area contributed by atoms with E-state index in [1.807, 2.05) is 0 Å². The number of rotatable bonds is 8. The van der Waals surface area contributed by atoms with Gasteiger partial charge in [-0.2, -0.15) is 0 Å². The third kappa shape index (κ3) is 5.44. The number of nitrogens with one attached hydrogen (secondary N) is 1. The summed E-state index contributed by atoms with van der Waals surface area (Å²) in [7, 11) is 0. The van der Waals surface area contributed by atoms with Crippen molar-refractivity contribution < 1.29 is 4.79 Å². The average Bonchev–Trinajstić information content (AvgIpc) is 2.54. The van der Waals surface area contributed by atoms with Crippen molar-refractivity contribution in [3.8, 4) is 0 Å². The lowest BCUT2D eigenvalue weighted by atomic mass is 9.65. The van der Waals surface area contributed by atoms with Crippen molar-refractivity contribution in [1.82, 2.24) is 5.32 Å². The second-order valence-electron chi connectivity index (χ2n) is 7.62. The minimum atomic E-state index is 0.00390. The lowest BCUT2D eigenvalue weighted by Crippen LogP contribution is -2.41. The monoisotopic (exact) mass is 305 g/mol. The number of fused-ring (bicyclic) bond motifs is 1. The Bertz CT molecular complexity index is 352. The predicted octanol–water partition coefficient (Wildman–Crippen LogP) is 5.23. The first kappa shape index (κ1) is 17.6. The van der Waals surface area contributed by atoms with Gasteiger partial charge < -0.3 is 5.32 Å². The Hall–Kier alpha value is -0.790. The number of carbonyl (C=O) groups excluding carboxylic acids is 1. The van der Waals surface area contributed by atoms with Gasteiger partial charge in [0, 0.05) is 6.04 Å². The van der Waals surface area contributed by atoms with E-state index in [1.165, 1.54) is 83.1 Å². The molecule has 0 aromatic rings. The first-order valence-corrected chi connectivity index (χ1v) is 9.65. The lowest BCUT2D eigenvalue weighted by molar-refractivity contribution is -0.117. The molecule has 22 heavy (non-hydrogen) atoms. The van der Waals surface area contributed by atoms with Gasteiger partial charge in [-0.05, 0) is 55.9 Å². The maximum atomic E-state index is 11.5. The van der Waals surface area contributed by atoms with Crippen LogP contribution in [0, 0.1) is 17.8 Å². The first-order chi connectivity index (χ1) is 10.7. The smallest absolute Gasteiger partial charge is 0.243 e. The zero-order valence-corrected chi connectivity index (χ0v) is 14.5. The molecule has 1 amide bonds. The van der Waals surface area contributed by atoms with Crippen molar-refractivity contribution in [3.05, 3.63) is 12.7 Å². The highest BCUT2D eigenvalue weighted by Gasteiger charge is 2.35. The van der Waals surface area contributed by atoms with Gasteiger partial charge in [0.2, 0.25) is 5.91 Å². The number of hydrogen-bond acceptors (Lipinski definition) is 1. The zero-order valence-electron chi connectivity index (χ0n) is 14.5. The second kappa shape index (κ2) is 9.37. The van der Waals surface area contributed by atoms with Gasteiger partial charge in [-0.3, -0.25) is 4.79 Å². The third-order valence-corrected chi connectivity index (χ3v) is 5.97. The van der Waals surface area contributed by atoms with Crippen LogP contribution in [0.4, 0.5) is 0 Å². The molecule has 0 aromatic heterocycles. The molecule has 0 saturated heterocycles. The standard InChI is InChI=1S/C20H35NO/c1-3-5-6-7-8-9-16-10-11-18-15-19(21-20(22)4-2)13-12-17(18)14-16/h4,16-19H,2-3,5-15H2,1H3,(H,21,22). The Morgan fingerprint density at radius 1 is 1.05 bits per heavy atom. The van der Waals surface area contributed by atoms with Crippen LogP contribution in [-0.2, 0) is 4.79 Å². The summed E-state index contributed by atoms with van der Waals surface area (Å²) in [5, 5.41) is 3.11. The Morgan fingerprint density at radius 2 is 1.77 bits per heavy atom. The molecular weight excluding hydrogens is 270 g/mol. The average molecular weight is 306 g/mol. The molecule has 0 radical (unpaired) electrons. The van der Waals surface area contributed by atoms with Crippen LogP contribution in [0.2, 0.25) is 0 Å². The van der Waals surface area contributed by atoms with Crippen molar-refractivity contribution in [2.75, 3.05) is 0 Å². The molecule has 2 heteroatoms. The highest BCUT2D eigenvalue weighted by molar-refractivity contribution is 5.87. The summed E-state index contributed by atoms with van der Waals surface area (Å²) < 4.78 is 0. The second-order valence-corrected chi connectivity index (χ2v) is 7.62. The SMILES string of the molecule is C=CC(=O)NC1CCC2CC(CCCCCCC)CCC2C1. The Labute approximate surface area is 137 Å². The van der Waals surface area contributed by atoms with Gasteiger partial charge in [0.15, 0.2) is 0 Å². The fourth-order valence-electron chi connectivity index (χ4n) is 4.68. The molecule has 2 saturated carbocycles. The molecule has 2 nitrogen and oxygen atoms in total. The summed E-state index contributed by atoms with van der Waals surface area (Å²) in [5.74, 6) is 2.79. The van der Waals surface area contributed by atoms with Gasteiger partial charge >= 0.3 is 0 Å². The predicted molar refractivity (Wildman–Crippen MR) is 93.7 cm³/mol. The molecule has 2 aliphatic rings. The normalized spacial score (nSPS) is 31.3. The van der Waals surface area contributed by atoms with Crippen LogP contribution in [0.1, 0.15) is 84.0 Å². The summed E-state index contributed by atoms with van der Waals surface area (Å²) in [6, 6.07) is 0.400. The molecule has 1 N–H and O–H groups in total. The molecule has 126 valence electrons. The highest BCUT2D eigenvalue weighted by atomic mass is 16.1. The largest absolute Gasteiger partial charge is 0.350 e. The van der Waals surface area contributed by atoms with E-state index in [2.05, 4.69) is 18.8 Å². The molecule has 0 aliphatic heterocycles. The van der Waals surface area contributed by atoms with Gasteiger partial charge in [-0.15, -0.1) is 0 Å². The quantitative estimate of drug-likeness (QED) is 0.482. The van der Waals surface area contributed by atoms with Gasteiger partial charge in [0.25, 0.3) is 0 Å². The first-order valence-electron chi connectivity index (χ1n) is 9.65. The maximum absolute atomic E-state index is 11.5. The van der Waals surface area contributed by atoms with Gasteiger partial charge in [0.1, 0.15) is 0 Å². The summed E-state index contributed by atoms with van der Waals surface area (Å²) in [5.41, 5.74) is 0. The minimum absolute atomic E-state index is 0.00390. The molecular formula is C20H35NO. The fraction of sp³-hybridized carbons (Fsp3) is 0.850. The van der Waals surface area contributed by atoms with E-state index in [4.69, 9.17) is 0 Å². The van der Waals surface area contributed by atoms with Gasteiger partial charge in [-0.25, -0.2) is 0 Å². The van der Waals surface area contributed by atoms with Crippen LogP contribution in [0.15, 0.2) is 12.7 Å². The summed E-state index contributed by atoms with van der Waals surface area (Å²) in [6.07, 6.45) is 17.9. The zero-order chi connectivity index (χ0) is 15.8. The van der Waals surface area contributed by atoms with E-state index in [0.29, 0.717) is 6.04 Å². The van der Waals surface area contributed by atoms with Crippen LogP contribution < -0.4 is 5.32 Å². The molecule has 2 aliphatic carbocycles. The van der Waals surface area contributed by atoms with Crippen molar-refractivity contribution in [1.29, 1.82) is 0 Å². The van der Waals surface area contributed by atoms with Crippen LogP contribution >= 0.6 is 0 Å². The minimum Gasteiger partial charge on any atom is -0.350 e. The Kier molecular flexibility index (Phi) is 7.48. The molecule has 0 spiro atoms. The number of unbranched alkanes of at least 4 members (excludes halogenated alkanes) is 4. The molecule has 0 heterocycles. The van der Waals surface area contributed by atoms with Crippen LogP contribution in [0.25, 0.3) is 0 Å². The number of amides is 1. The fourth-order valence-corrected chi connectivity index (χ4v) is 4.68. The molecule has 2 fully saturated rings. The molecule has 4 atom stereocenters. The topological polar surface area (TPSA) is 29.1 Å². The van der Waals surface area contributed by atoms with Gasteiger partial charge in [0.05, 0.1) is 0 Å². The van der Waals surface area contributed by atoms with Crippen molar-refractivity contribution in [2.24, 2.45) is 17.8 Å².